The van der Waals surface area contributed by atoms with Crippen molar-refractivity contribution in [1.82, 2.24) is 15.0 Å². The fraction of sp³-hybridized carbons (Fsp3) is 0.300. The lowest BCUT2D eigenvalue weighted by atomic mass is 10.2. The molecule has 0 saturated heterocycles. The van der Waals surface area contributed by atoms with Crippen molar-refractivity contribution in [3.05, 3.63) is 34.6 Å². The monoisotopic (exact) mass is 205 g/mol. The van der Waals surface area contributed by atoms with E-state index >= 15 is 0 Å². The SMILES string of the molecule is C[C@@H](O)Cn1nnc2ccccc2c1=O. The Kier molecular flexibility index (Phi) is 2.47. The largest absolute Gasteiger partial charge is 0.391 e. The van der Waals surface area contributed by atoms with Gasteiger partial charge in [-0.1, -0.05) is 17.3 Å². The van der Waals surface area contributed by atoms with Crippen LogP contribution in [0.2, 0.25) is 0 Å². The van der Waals surface area contributed by atoms with E-state index in [0.717, 1.165) is 0 Å². The third-order valence-corrected chi connectivity index (χ3v) is 2.07. The zero-order valence-electron chi connectivity index (χ0n) is 8.29. The summed E-state index contributed by atoms with van der Waals surface area (Å²) in [4.78, 5) is 11.8. The zero-order chi connectivity index (χ0) is 10.8. The highest BCUT2D eigenvalue weighted by Gasteiger charge is 2.06. The van der Waals surface area contributed by atoms with Crippen LogP contribution in [-0.4, -0.2) is 26.2 Å². The second-order valence-electron chi connectivity index (χ2n) is 3.44. The molecule has 0 saturated carbocycles. The van der Waals surface area contributed by atoms with Crippen molar-refractivity contribution in [1.29, 1.82) is 0 Å². The molecule has 1 aromatic heterocycles. The van der Waals surface area contributed by atoms with E-state index in [1.54, 1.807) is 31.2 Å². The lowest BCUT2D eigenvalue weighted by Crippen LogP contribution is -2.28. The summed E-state index contributed by atoms with van der Waals surface area (Å²) < 4.78 is 1.17. The van der Waals surface area contributed by atoms with Crippen LogP contribution >= 0.6 is 0 Å². The Morgan fingerprint density at radius 3 is 2.93 bits per heavy atom. The molecule has 2 rings (SSSR count). The molecule has 0 aliphatic carbocycles. The topological polar surface area (TPSA) is 68.0 Å². The Bertz CT molecular complexity index is 533. The Balaban J connectivity index is 2.60. The summed E-state index contributed by atoms with van der Waals surface area (Å²) in [6.07, 6.45) is -0.613. The highest BCUT2D eigenvalue weighted by atomic mass is 16.3. The van der Waals surface area contributed by atoms with Gasteiger partial charge in [0.15, 0.2) is 0 Å². The number of hydrogen-bond acceptors (Lipinski definition) is 4. The number of aliphatic hydroxyl groups is 1. The second-order valence-corrected chi connectivity index (χ2v) is 3.44. The lowest BCUT2D eigenvalue weighted by molar-refractivity contribution is 0.165. The van der Waals surface area contributed by atoms with E-state index in [9.17, 15) is 9.90 Å². The van der Waals surface area contributed by atoms with E-state index in [0.29, 0.717) is 10.9 Å². The molecule has 0 radical (unpaired) electrons. The molecule has 0 unspecified atom stereocenters. The molecular formula is C10H11N3O2. The van der Waals surface area contributed by atoms with Gasteiger partial charge in [0.2, 0.25) is 0 Å². The molecule has 2 aromatic rings. The van der Waals surface area contributed by atoms with E-state index in [1.807, 2.05) is 0 Å². The van der Waals surface area contributed by atoms with E-state index in [4.69, 9.17) is 0 Å². The molecule has 1 heterocycles. The number of aromatic nitrogens is 3. The van der Waals surface area contributed by atoms with Gasteiger partial charge in [0.05, 0.1) is 18.0 Å². The molecule has 1 atom stereocenters. The maximum atomic E-state index is 11.8. The van der Waals surface area contributed by atoms with Gasteiger partial charge in [0.25, 0.3) is 5.56 Å². The van der Waals surface area contributed by atoms with Gasteiger partial charge in [-0.2, -0.15) is 0 Å². The van der Waals surface area contributed by atoms with Crippen LogP contribution in [-0.2, 0) is 6.54 Å². The number of nitrogens with zero attached hydrogens (tertiary/aromatic N) is 3. The maximum absolute atomic E-state index is 11.8. The molecule has 0 fully saturated rings. The third-order valence-electron chi connectivity index (χ3n) is 2.07. The Morgan fingerprint density at radius 1 is 1.47 bits per heavy atom. The average Bonchev–Trinajstić information content (AvgIpc) is 2.22. The van der Waals surface area contributed by atoms with Crippen molar-refractivity contribution in [2.24, 2.45) is 0 Å². The summed E-state index contributed by atoms with van der Waals surface area (Å²) in [5, 5.41) is 17.3. The average molecular weight is 205 g/mol. The molecule has 0 amide bonds. The van der Waals surface area contributed by atoms with Gasteiger partial charge >= 0.3 is 0 Å². The highest BCUT2D eigenvalue weighted by molar-refractivity contribution is 5.76. The third kappa shape index (κ3) is 1.87. The smallest absolute Gasteiger partial charge is 0.277 e. The van der Waals surface area contributed by atoms with Gasteiger partial charge in [0.1, 0.15) is 5.52 Å². The van der Waals surface area contributed by atoms with Crippen molar-refractivity contribution >= 4 is 10.9 Å². The summed E-state index contributed by atoms with van der Waals surface area (Å²) in [6, 6.07) is 7.01. The van der Waals surface area contributed by atoms with Crippen LogP contribution in [0, 0.1) is 0 Å². The van der Waals surface area contributed by atoms with Gasteiger partial charge in [-0.05, 0) is 19.1 Å². The fourth-order valence-electron chi connectivity index (χ4n) is 1.39. The maximum Gasteiger partial charge on any atom is 0.277 e. The van der Waals surface area contributed by atoms with Crippen molar-refractivity contribution in [2.45, 2.75) is 19.6 Å². The molecule has 5 heteroatoms. The molecule has 1 aromatic carbocycles. The lowest BCUT2D eigenvalue weighted by Gasteiger charge is -2.05. The van der Waals surface area contributed by atoms with Gasteiger partial charge in [-0.15, -0.1) is 5.10 Å². The van der Waals surface area contributed by atoms with Crippen molar-refractivity contribution in [3.63, 3.8) is 0 Å². The fourth-order valence-corrected chi connectivity index (χ4v) is 1.39. The normalized spacial score (nSPS) is 12.9. The van der Waals surface area contributed by atoms with Crippen LogP contribution in [0.5, 0.6) is 0 Å². The summed E-state index contributed by atoms with van der Waals surface area (Å²) in [7, 11) is 0. The van der Waals surface area contributed by atoms with Crippen LogP contribution in [0.1, 0.15) is 6.92 Å². The van der Waals surface area contributed by atoms with Gasteiger partial charge in [-0.3, -0.25) is 4.79 Å². The molecule has 1 N–H and O–H groups in total. The number of fused-ring (bicyclic) bond motifs is 1. The van der Waals surface area contributed by atoms with Gasteiger partial charge < -0.3 is 5.11 Å². The summed E-state index contributed by atoms with van der Waals surface area (Å²) in [5.41, 5.74) is 0.353. The molecule has 5 nitrogen and oxygen atoms in total. The molecule has 15 heavy (non-hydrogen) atoms. The van der Waals surface area contributed by atoms with Gasteiger partial charge in [-0.25, -0.2) is 4.68 Å². The van der Waals surface area contributed by atoms with E-state index in [-0.39, 0.29) is 12.1 Å². The molecule has 0 aliphatic heterocycles. The van der Waals surface area contributed by atoms with Crippen LogP contribution in [0.25, 0.3) is 10.9 Å². The van der Waals surface area contributed by atoms with E-state index < -0.39 is 6.10 Å². The van der Waals surface area contributed by atoms with Crippen LogP contribution < -0.4 is 5.56 Å². The number of benzene rings is 1. The van der Waals surface area contributed by atoms with Crippen molar-refractivity contribution in [2.75, 3.05) is 0 Å². The first kappa shape index (κ1) is 9.79. The molecule has 78 valence electrons. The predicted molar refractivity (Wildman–Crippen MR) is 55.5 cm³/mol. The minimum atomic E-state index is -0.613. The Hall–Kier alpha value is -1.75. The number of hydrogen-bond donors (Lipinski definition) is 1. The van der Waals surface area contributed by atoms with E-state index in [2.05, 4.69) is 10.3 Å². The Labute approximate surface area is 86.0 Å². The predicted octanol–water partition coefficient (Wildman–Crippen LogP) is 0.172. The quantitative estimate of drug-likeness (QED) is 0.759. The molecular weight excluding hydrogens is 194 g/mol. The van der Waals surface area contributed by atoms with Crippen molar-refractivity contribution in [3.8, 4) is 0 Å². The minimum absolute atomic E-state index is 0.163. The molecule has 0 aliphatic rings. The summed E-state index contributed by atoms with van der Waals surface area (Å²) in [5.74, 6) is 0. The Morgan fingerprint density at radius 2 is 2.20 bits per heavy atom. The molecule has 0 spiro atoms. The van der Waals surface area contributed by atoms with Gasteiger partial charge in [0, 0.05) is 0 Å². The van der Waals surface area contributed by atoms with Crippen LogP contribution in [0.4, 0.5) is 0 Å². The number of rotatable bonds is 2. The summed E-state index contributed by atoms with van der Waals surface area (Å²) >= 11 is 0. The first-order valence-electron chi connectivity index (χ1n) is 4.69. The number of aliphatic hydroxyl groups excluding tert-OH is 1. The molecule has 0 bridgehead atoms. The minimum Gasteiger partial charge on any atom is -0.391 e. The second kappa shape index (κ2) is 3.78. The highest BCUT2D eigenvalue weighted by Crippen LogP contribution is 2.03. The summed E-state index contributed by atoms with van der Waals surface area (Å²) in [6.45, 7) is 1.76. The van der Waals surface area contributed by atoms with Crippen LogP contribution in [0.3, 0.4) is 0 Å². The van der Waals surface area contributed by atoms with Crippen molar-refractivity contribution < 1.29 is 5.11 Å². The van der Waals surface area contributed by atoms with E-state index in [1.165, 1.54) is 4.68 Å². The first-order valence-corrected chi connectivity index (χ1v) is 4.69. The zero-order valence-corrected chi connectivity index (χ0v) is 8.29. The first-order chi connectivity index (χ1) is 7.18. The standard InChI is InChI=1S/C10H11N3O2/c1-7(14)6-13-10(15)8-4-2-3-5-9(8)11-12-13/h2-5,7,14H,6H2,1H3/t7-/m1/s1. The van der Waals surface area contributed by atoms with Crippen LogP contribution in [0.15, 0.2) is 29.1 Å².